The Morgan fingerprint density at radius 2 is 1.68 bits per heavy atom. The van der Waals surface area contributed by atoms with Gasteiger partial charge in [-0.05, 0) is 71.2 Å². The van der Waals surface area contributed by atoms with Crippen LogP contribution >= 0.6 is 0 Å². The molecule has 0 aromatic carbocycles. The molecule has 0 radical (unpaired) electrons. The topological polar surface area (TPSA) is 26.7 Å². The molecule has 3 unspecified atom stereocenters. The second kappa shape index (κ2) is 7.05. The predicted molar refractivity (Wildman–Crippen MR) is 82.4 cm³/mol. The molecular formula is C16H34N2O. The van der Waals surface area contributed by atoms with Crippen LogP contribution in [0.2, 0.25) is 0 Å². The molecule has 0 aliphatic heterocycles. The van der Waals surface area contributed by atoms with Gasteiger partial charge in [-0.25, -0.2) is 0 Å². The average molecular weight is 270 g/mol. The van der Waals surface area contributed by atoms with Crippen molar-refractivity contribution in [3.05, 3.63) is 0 Å². The Balaban J connectivity index is 2.49. The van der Waals surface area contributed by atoms with Crippen molar-refractivity contribution in [3.8, 4) is 0 Å². The maximum absolute atomic E-state index is 10.3. The molecule has 0 aromatic heterocycles. The van der Waals surface area contributed by atoms with E-state index in [2.05, 4.69) is 51.7 Å². The van der Waals surface area contributed by atoms with Crippen LogP contribution in [0.5, 0.6) is 0 Å². The third-order valence-corrected chi connectivity index (χ3v) is 4.69. The average Bonchev–Trinajstić information content (AvgIpc) is 2.27. The Labute approximate surface area is 120 Å². The first-order valence-corrected chi connectivity index (χ1v) is 7.75. The van der Waals surface area contributed by atoms with Gasteiger partial charge in [-0.1, -0.05) is 20.8 Å². The van der Waals surface area contributed by atoms with Crippen molar-refractivity contribution < 1.29 is 5.11 Å². The van der Waals surface area contributed by atoms with Crippen LogP contribution in [0.25, 0.3) is 0 Å². The highest BCUT2D eigenvalue weighted by molar-refractivity contribution is 4.89. The Bertz CT molecular complexity index is 260. The van der Waals surface area contributed by atoms with Crippen molar-refractivity contribution in [1.29, 1.82) is 0 Å². The van der Waals surface area contributed by atoms with E-state index in [1.54, 1.807) is 0 Å². The number of hydrogen-bond acceptors (Lipinski definition) is 3. The molecule has 114 valence electrons. The predicted octanol–water partition coefficient (Wildman–Crippen LogP) is 2.45. The Hall–Kier alpha value is -0.120. The van der Waals surface area contributed by atoms with Gasteiger partial charge in [0.2, 0.25) is 0 Å². The molecule has 1 aliphatic rings. The van der Waals surface area contributed by atoms with E-state index in [1.807, 2.05) is 0 Å². The van der Waals surface area contributed by atoms with Crippen LogP contribution in [-0.2, 0) is 0 Å². The molecule has 1 N–H and O–H groups in total. The maximum Gasteiger partial charge on any atom is 0.0695 e. The SMILES string of the molecule is CN(C)CCCN(C)C1CC(C(C)(C)C)CCC1O. The second-order valence-electron chi connectivity index (χ2n) is 7.65. The van der Waals surface area contributed by atoms with E-state index in [9.17, 15) is 5.11 Å². The summed E-state index contributed by atoms with van der Waals surface area (Å²) in [6, 6.07) is 0.347. The molecule has 0 heterocycles. The molecule has 0 amide bonds. The van der Waals surface area contributed by atoms with Crippen molar-refractivity contribution in [2.45, 2.75) is 58.6 Å². The van der Waals surface area contributed by atoms with E-state index in [0.717, 1.165) is 31.8 Å². The summed E-state index contributed by atoms with van der Waals surface area (Å²) < 4.78 is 0. The highest BCUT2D eigenvalue weighted by atomic mass is 16.3. The van der Waals surface area contributed by atoms with Crippen molar-refractivity contribution in [3.63, 3.8) is 0 Å². The molecule has 0 bridgehead atoms. The van der Waals surface area contributed by atoms with E-state index in [0.29, 0.717) is 11.5 Å². The third kappa shape index (κ3) is 5.41. The molecule has 1 aliphatic carbocycles. The Morgan fingerprint density at radius 3 is 2.21 bits per heavy atom. The molecule has 1 fully saturated rings. The van der Waals surface area contributed by atoms with Gasteiger partial charge in [-0.3, -0.25) is 0 Å². The standard InChI is InChI=1S/C16H34N2O/c1-16(2,3)13-8-9-15(19)14(12-13)18(6)11-7-10-17(4)5/h13-15,19H,7-12H2,1-6H3. The fourth-order valence-corrected chi connectivity index (χ4v) is 3.19. The van der Waals surface area contributed by atoms with Crippen molar-refractivity contribution in [1.82, 2.24) is 9.80 Å². The number of aliphatic hydroxyl groups is 1. The lowest BCUT2D eigenvalue weighted by molar-refractivity contribution is -0.00818. The first-order valence-electron chi connectivity index (χ1n) is 7.75. The molecule has 0 aromatic rings. The van der Waals surface area contributed by atoms with E-state index >= 15 is 0 Å². The minimum atomic E-state index is -0.136. The second-order valence-corrected chi connectivity index (χ2v) is 7.65. The smallest absolute Gasteiger partial charge is 0.0695 e. The maximum atomic E-state index is 10.3. The van der Waals surface area contributed by atoms with Crippen LogP contribution in [-0.4, -0.2) is 61.3 Å². The van der Waals surface area contributed by atoms with E-state index in [1.165, 1.54) is 12.8 Å². The number of nitrogens with zero attached hydrogens (tertiary/aromatic N) is 2. The summed E-state index contributed by atoms with van der Waals surface area (Å²) in [5, 5.41) is 10.3. The largest absolute Gasteiger partial charge is 0.391 e. The summed E-state index contributed by atoms with van der Waals surface area (Å²) in [5.41, 5.74) is 0.364. The van der Waals surface area contributed by atoms with E-state index < -0.39 is 0 Å². The van der Waals surface area contributed by atoms with Crippen LogP contribution in [0.15, 0.2) is 0 Å². The number of likely N-dealkylation sites (N-methyl/N-ethyl adjacent to an activating group) is 1. The molecule has 1 rings (SSSR count). The van der Waals surface area contributed by atoms with Gasteiger partial charge in [0.15, 0.2) is 0 Å². The van der Waals surface area contributed by atoms with Crippen LogP contribution in [0.4, 0.5) is 0 Å². The summed E-state index contributed by atoms with van der Waals surface area (Å²) in [7, 11) is 6.41. The summed E-state index contributed by atoms with van der Waals surface area (Å²) in [6.45, 7) is 9.20. The van der Waals surface area contributed by atoms with Crippen LogP contribution in [0, 0.1) is 11.3 Å². The number of aliphatic hydroxyl groups excluding tert-OH is 1. The van der Waals surface area contributed by atoms with Gasteiger partial charge in [0.25, 0.3) is 0 Å². The lowest BCUT2D eigenvalue weighted by atomic mass is 9.70. The first-order chi connectivity index (χ1) is 8.71. The molecule has 1 saturated carbocycles. The normalized spacial score (nSPS) is 29.2. The summed E-state index contributed by atoms with van der Waals surface area (Å²) in [5.74, 6) is 0.734. The minimum absolute atomic E-state index is 0.136. The third-order valence-electron chi connectivity index (χ3n) is 4.69. The minimum Gasteiger partial charge on any atom is -0.391 e. The van der Waals surface area contributed by atoms with Gasteiger partial charge in [0.05, 0.1) is 6.10 Å². The lowest BCUT2D eigenvalue weighted by Crippen LogP contribution is -2.48. The molecule has 19 heavy (non-hydrogen) atoms. The van der Waals surface area contributed by atoms with Gasteiger partial charge >= 0.3 is 0 Å². The van der Waals surface area contributed by atoms with Gasteiger partial charge in [0, 0.05) is 6.04 Å². The Morgan fingerprint density at radius 1 is 1.05 bits per heavy atom. The van der Waals surface area contributed by atoms with Crippen LogP contribution < -0.4 is 0 Å². The summed E-state index contributed by atoms with van der Waals surface area (Å²) in [6.07, 6.45) is 4.32. The highest BCUT2D eigenvalue weighted by Gasteiger charge is 2.36. The fourth-order valence-electron chi connectivity index (χ4n) is 3.19. The van der Waals surface area contributed by atoms with E-state index in [4.69, 9.17) is 0 Å². The zero-order valence-corrected chi connectivity index (χ0v) is 13.8. The molecular weight excluding hydrogens is 236 g/mol. The summed E-state index contributed by atoms with van der Waals surface area (Å²) in [4.78, 5) is 4.61. The van der Waals surface area contributed by atoms with Crippen LogP contribution in [0.3, 0.4) is 0 Å². The molecule has 0 spiro atoms. The van der Waals surface area contributed by atoms with Crippen LogP contribution in [0.1, 0.15) is 46.5 Å². The van der Waals surface area contributed by atoms with Gasteiger partial charge < -0.3 is 14.9 Å². The first kappa shape index (κ1) is 16.9. The van der Waals surface area contributed by atoms with Crippen molar-refractivity contribution >= 4 is 0 Å². The molecule has 3 nitrogen and oxygen atoms in total. The number of hydrogen-bond donors (Lipinski definition) is 1. The zero-order chi connectivity index (χ0) is 14.6. The molecule has 0 saturated heterocycles. The quantitative estimate of drug-likeness (QED) is 0.831. The molecule has 3 heteroatoms. The van der Waals surface area contributed by atoms with E-state index in [-0.39, 0.29) is 6.10 Å². The van der Waals surface area contributed by atoms with Gasteiger partial charge in [-0.15, -0.1) is 0 Å². The Kier molecular flexibility index (Phi) is 6.28. The van der Waals surface area contributed by atoms with Crippen molar-refractivity contribution in [2.75, 3.05) is 34.2 Å². The lowest BCUT2D eigenvalue weighted by Gasteiger charge is -2.43. The molecule has 3 atom stereocenters. The van der Waals surface area contributed by atoms with Crippen molar-refractivity contribution in [2.24, 2.45) is 11.3 Å². The number of rotatable bonds is 5. The highest BCUT2D eigenvalue weighted by Crippen LogP contribution is 2.39. The fraction of sp³-hybridized carbons (Fsp3) is 1.00. The monoisotopic (exact) mass is 270 g/mol. The zero-order valence-electron chi connectivity index (χ0n) is 13.8. The van der Waals surface area contributed by atoms with Gasteiger partial charge in [-0.2, -0.15) is 0 Å². The van der Waals surface area contributed by atoms with Gasteiger partial charge in [0.1, 0.15) is 0 Å². The summed E-state index contributed by atoms with van der Waals surface area (Å²) >= 11 is 0.